The molecule has 0 atom stereocenters. The number of halogens is 1. The number of carbonyl (C=O) groups is 1. The highest BCUT2D eigenvalue weighted by Gasteiger charge is 2.15. The first-order valence-corrected chi connectivity index (χ1v) is 9.98. The first-order chi connectivity index (χ1) is 14.4. The van der Waals surface area contributed by atoms with Gasteiger partial charge in [-0.3, -0.25) is 4.79 Å². The van der Waals surface area contributed by atoms with Crippen molar-refractivity contribution in [3.05, 3.63) is 76.8 Å². The number of carbonyl (C=O) groups excluding carboxylic acids is 1. The summed E-state index contributed by atoms with van der Waals surface area (Å²) in [5, 5.41) is 3.34. The van der Waals surface area contributed by atoms with Crippen LogP contribution in [0.4, 0.5) is 5.69 Å². The van der Waals surface area contributed by atoms with E-state index in [1.165, 1.54) is 12.7 Å². The molecule has 4 aromatic rings. The summed E-state index contributed by atoms with van der Waals surface area (Å²) in [5.41, 5.74) is 4.50. The minimum atomic E-state index is -0.314. The van der Waals surface area contributed by atoms with Gasteiger partial charge in [-0.2, -0.15) is 0 Å². The second kappa shape index (κ2) is 8.20. The molecule has 3 aromatic carbocycles. The molecule has 0 spiro atoms. The van der Waals surface area contributed by atoms with Crippen molar-refractivity contribution in [3.63, 3.8) is 0 Å². The Balaban J connectivity index is 1.62. The van der Waals surface area contributed by atoms with Gasteiger partial charge in [-0.05, 0) is 60.0 Å². The maximum atomic E-state index is 12.7. The van der Waals surface area contributed by atoms with Gasteiger partial charge in [-0.25, -0.2) is 4.98 Å². The van der Waals surface area contributed by atoms with E-state index in [0.29, 0.717) is 33.8 Å². The molecule has 0 bridgehead atoms. The lowest BCUT2D eigenvalue weighted by Crippen LogP contribution is -2.13. The Morgan fingerprint density at radius 1 is 1.10 bits per heavy atom. The molecule has 0 saturated heterocycles. The molecule has 0 saturated carbocycles. The lowest BCUT2D eigenvalue weighted by molar-refractivity contribution is 0.102. The van der Waals surface area contributed by atoms with E-state index >= 15 is 0 Å². The second-order valence-corrected chi connectivity index (χ2v) is 7.72. The van der Waals surface area contributed by atoms with Crippen LogP contribution in [0.5, 0.6) is 5.75 Å². The molecule has 0 radical (unpaired) electrons. The third-order valence-corrected chi connectivity index (χ3v) is 5.09. The molecule has 0 aliphatic heterocycles. The summed E-state index contributed by atoms with van der Waals surface area (Å²) in [7, 11) is 1.51. The number of ether oxygens (including phenoxy) is 1. The van der Waals surface area contributed by atoms with E-state index in [9.17, 15) is 4.79 Å². The molecule has 1 amide bonds. The standard InChI is InChI=1S/C24H21ClN2O3/c1-14(2)15-7-9-22-20(12-15)27-24(30-22)16-5-4-6-18(11-16)26-23(28)19-13-17(25)8-10-21(19)29-3/h4-14H,1-3H3,(H,26,28). The number of benzene rings is 3. The van der Waals surface area contributed by atoms with E-state index in [1.807, 2.05) is 30.3 Å². The van der Waals surface area contributed by atoms with Gasteiger partial charge in [0, 0.05) is 16.3 Å². The number of fused-ring (bicyclic) bond motifs is 1. The summed E-state index contributed by atoms with van der Waals surface area (Å²) < 4.78 is 11.2. The molecule has 0 aliphatic carbocycles. The first kappa shape index (κ1) is 20.0. The molecule has 6 heteroatoms. The van der Waals surface area contributed by atoms with Crippen molar-refractivity contribution in [2.75, 3.05) is 12.4 Å². The molecule has 0 aliphatic rings. The van der Waals surface area contributed by atoms with E-state index in [2.05, 4.69) is 30.2 Å². The van der Waals surface area contributed by atoms with Gasteiger partial charge in [0.15, 0.2) is 5.58 Å². The van der Waals surface area contributed by atoms with Gasteiger partial charge in [0.05, 0.1) is 12.7 Å². The summed E-state index contributed by atoms with van der Waals surface area (Å²) in [4.78, 5) is 17.4. The Bertz CT molecular complexity index is 1230. The normalized spacial score (nSPS) is 11.1. The van der Waals surface area contributed by atoms with Gasteiger partial charge in [-0.1, -0.05) is 37.6 Å². The fraction of sp³-hybridized carbons (Fsp3) is 0.167. The highest BCUT2D eigenvalue weighted by Crippen LogP contribution is 2.29. The lowest BCUT2D eigenvalue weighted by atomic mass is 10.0. The Morgan fingerprint density at radius 3 is 2.70 bits per heavy atom. The predicted octanol–water partition coefficient (Wildman–Crippen LogP) is 6.53. The molecule has 1 heterocycles. The van der Waals surface area contributed by atoms with Crippen LogP contribution in [0.1, 0.15) is 35.7 Å². The van der Waals surface area contributed by atoms with Crippen LogP contribution < -0.4 is 10.1 Å². The summed E-state index contributed by atoms with van der Waals surface area (Å²) in [6, 6.07) is 18.3. The minimum absolute atomic E-state index is 0.314. The number of nitrogens with one attached hydrogen (secondary N) is 1. The highest BCUT2D eigenvalue weighted by atomic mass is 35.5. The molecular formula is C24H21ClN2O3. The van der Waals surface area contributed by atoms with Gasteiger partial charge in [0.1, 0.15) is 11.3 Å². The third kappa shape index (κ3) is 4.02. The number of hydrogen-bond donors (Lipinski definition) is 1. The number of anilines is 1. The van der Waals surface area contributed by atoms with Crippen LogP contribution in [-0.2, 0) is 0 Å². The third-order valence-electron chi connectivity index (χ3n) is 4.85. The maximum absolute atomic E-state index is 12.7. The van der Waals surface area contributed by atoms with Crippen LogP contribution in [-0.4, -0.2) is 18.0 Å². The van der Waals surface area contributed by atoms with Crippen LogP contribution in [0.25, 0.3) is 22.6 Å². The van der Waals surface area contributed by atoms with Gasteiger partial charge >= 0.3 is 0 Å². The van der Waals surface area contributed by atoms with Crippen molar-refractivity contribution in [1.29, 1.82) is 0 Å². The van der Waals surface area contributed by atoms with E-state index in [1.54, 1.807) is 24.3 Å². The maximum Gasteiger partial charge on any atom is 0.259 e. The molecule has 30 heavy (non-hydrogen) atoms. The zero-order valence-corrected chi connectivity index (χ0v) is 17.7. The van der Waals surface area contributed by atoms with Gasteiger partial charge < -0.3 is 14.5 Å². The molecule has 152 valence electrons. The molecule has 0 unspecified atom stereocenters. The largest absolute Gasteiger partial charge is 0.496 e. The number of nitrogens with zero attached hydrogens (tertiary/aromatic N) is 1. The summed E-state index contributed by atoms with van der Waals surface area (Å²) in [5.74, 6) is 1.05. The van der Waals surface area contributed by atoms with Gasteiger partial charge in [0.25, 0.3) is 5.91 Å². The van der Waals surface area contributed by atoms with E-state index in [0.717, 1.165) is 16.7 Å². The lowest BCUT2D eigenvalue weighted by Gasteiger charge is -2.10. The molecule has 1 aromatic heterocycles. The van der Waals surface area contributed by atoms with Crippen molar-refractivity contribution in [1.82, 2.24) is 4.98 Å². The second-order valence-electron chi connectivity index (χ2n) is 7.28. The number of oxazole rings is 1. The van der Waals surface area contributed by atoms with E-state index in [-0.39, 0.29) is 5.91 Å². The topological polar surface area (TPSA) is 64.4 Å². The summed E-state index contributed by atoms with van der Waals surface area (Å²) in [6.07, 6.45) is 0. The van der Waals surface area contributed by atoms with Crippen LogP contribution in [0.2, 0.25) is 5.02 Å². The molecule has 5 nitrogen and oxygen atoms in total. The van der Waals surface area contributed by atoms with Crippen LogP contribution >= 0.6 is 11.6 Å². The van der Waals surface area contributed by atoms with E-state index < -0.39 is 0 Å². The number of aromatic nitrogens is 1. The zero-order chi connectivity index (χ0) is 21.3. The number of hydrogen-bond acceptors (Lipinski definition) is 4. The van der Waals surface area contributed by atoms with E-state index in [4.69, 9.17) is 20.8 Å². The zero-order valence-electron chi connectivity index (χ0n) is 16.9. The number of methoxy groups -OCH3 is 1. The fourth-order valence-electron chi connectivity index (χ4n) is 3.21. The number of amides is 1. The van der Waals surface area contributed by atoms with Crippen molar-refractivity contribution in [3.8, 4) is 17.2 Å². The SMILES string of the molecule is COc1ccc(Cl)cc1C(=O)Nc1cccc(-c2nc3cc(C(C)C)ccc3o2)c1. The smallest absolute Gasteiger partial charge is 0.259 e. The molecule has 4 rings (SSSR count). The van der Waals surface area contributed by atoms with Crippen molar-refractivity contribution in [2.45, 2.75) is 19.8 Å². The minimum Gasteiger partial charge on any atom is -0.496 e. The van der Waals surface area contributed by atoms with Crippen molar-refractivity contribution in [2.24, 2.45) is 0 Å². The first-order valence-electron chi connectivity index (χ1n) is 9.60. The Labute approximate surface area is 179 Å². The van der Waals surface area contributed by atoms with Crippen LogP contribution in [0.3, 0.4) is 0 Å². The average molecular weight is 421 g/mol. The van der Waals surface area contributed by atoms with Crippen LogP contribution in [0.15, 0.2) is 65.1 Å². The molecule has 1 N–H and O–H groups in total. The fourth-order valence-corrected chi connectivity index (χ4v) is 3.39. The van der Waals surface area contributed by atoms with Crippen molar-refractivity contribution >= 4 is 34.3 Å². The Hall–Kier alpha value is -3.31. The molecular weight excluding hydrogens is 400 g/mol. The summed E-state index contributed by atoms with van der Waals surface area (Å²) in [6.45, 7) is 4.28. The van der Waals surface area contributed by atoms with Gasteiger partial charge in [0.2, 0.25) is 5.89 Å². The van der Waals surface area contributed by atoms with Gasteiger partial charge in [-0.15, -0.1) is 0 Å². The average Bonchev–Trinajstić information content (AvgIpc) is 3.17. The quantitative estimate of drug-likeness (QED) is 0.398. The summed E-state index contributed by atoms with van der Waals surface area (Å²) >= 11 is 6.04. The Morgan fingerprint density at radius 2 is 1.93 bits per heavy atom. The van der Waals surface area contributed by atoms with Crippen molar-refractivity contribution < 1.29 is 13.9 Å². The van der Waals surface area contributed by atoms with Crippen LogP contribution in [0, 0.1) is 0 Å². The molecule has 0 fully saturated rings. The predicted molar refractivity (Wildman–Crippen MR) is 119 cm³/mol. The highest BCUT2D eigenvalue weighted by molar-refractivity contribution is 6.31. The number of rotatable bonds is 5. The Kier molecular flexibility index (Phi) is 5.46. The monoisotopic (exact) mass is 420 g/mol.